The van der Waals surface area contributed by atoms with Crippen molar-refractivity contribution in [1.82, 2.24) is 14.5 Å². The van der Waals surface area contributed by atoms with Crippen LogP contribution in [0.2, 0.25) is 18.1 Å². The summed E-state index contributed by atoms with van der Waals surface area (Å²) in [5.74, 6) is -1.68. The van der Waals surface area contributed by atoms with E-state index in [1.807, 2.05) is 4.90 Å². The summed E-state index contributed by atoms with van der Waals surface area (Å²) in [6, 6.07) is 0. The molecule has 0 aromatic carbocycles. The molecule has 0 fully saturated rings. The monoisotopic (exact) mass is 501 g/mol. The minimum Gasteiger partial charge on any atom is -0.459 e. The summed E-state index contributed by atoms with van der Waals surface area (Å²) in [6.07, 6.45) is 1.04. The first-order valence-electron chi connectivity index (χ1n) is 11.1. The largest absolute Gasteiger partial charge is 0.459 e. The maximum Gasteiger partial charge on any atom is 0.439 e. The molecule has 12 nitrogen and oxygen atoms in total. The molecule has 1 aromatic rings. The summed E-state index contributed by atoms with van der Waals surface area (Å²) >= 11 is 0. The maximum atomic E-state index is 12.6. The van der Waals surface area contributed by atoms with E-state index in [0.717, 1.165) is 10.8 Å². The van der Waals surface area contributed by atoms with Crippen LogP contribution in [0.3, 0.4) is 0 Å². The third kappa shape index (κ3) is 8.44. The van der Waals surface area contributed by atoms with Crippen LogP contribution in [-0.2, 0) is 20.5 Å². The molecule has 0 amide bonds. The molecule has 0 saturated heterocycles. The van der Waals surface area contributed by atoms with Crippen LogP contribution in [-0.4, -0.2) is 69.4 Å². The van der Waals surface area contributed by atoms with Gasteiger partial charge < -0.3 is 29.4 Å². The van der Waals surface area contributed by atoms with Crippen LogP contribution in [0.5, 0.6) is 0 Å². The Labute approximate surface area is 202 Å². The number of imidazole rings is 1. The highest BCUT2D eigenvalue weighted by atomic mass is 28.4. The lowest BCUT2D eigenvalue weighted by molar-refractivity contribution is -0.403. The molecule has 0 spiro atoms. The van der Waals surface area contributed by atoms with E-state index >= 15 is 0 Å². The summed E-state index contributed by atoms with van der Waals surface area (Å²) in [7, 11) is -2.04. The molecule has 0 aliphatic carbocycles. The Kier molecular flexibility index (Phi) is 9.14. The van der Waals surface area contributed by atoms with Crippen molar-refractivity contribution in [2.75, 3.05) is 19.7 Å². The minimum absolute atomic E-state index is 0.00690. The van der Waals surface area contributed by atoms with E-state index in [9.17, 15) is 25.0 Å². The van der Waals surface area contributed by atoms with E-state index in [2.05, 4.69) is 38.8 Å². The SMILES string of the molecule is CC(C)(C)OC(=O)CN(CCO[Si](C)(C)C(C)(C)C)C(C)(C)Cn1cc([N+](=O)[O-])nc1[N+](=O)[O-]. The van der Waals surface area contributed by atoms with Gasteiger partial charge in [0.05, 0.1) is 13.1 Å². The fourth-order valence-electron chi connectivity index (χ4n) is 3.01. The van der Waals surface area contributed by atoms with Crippen LogP contribution in [0.4, 0.5) is 11.8 Å². The Morgan fingerprint density at radius 3 is 2.09 bits per heavy atom. The van der Waals surface area contributed by atoms with Gasteiger partial charge in [0.25, 0.3) is 0 Å². The number of aromatic nitrogens is 2. The lowest BCUT2D eigenvalue weighted by Crippen LogP contribution is -2.52. The number of carbonyl (C=O) groups excluding carboxylic acids is 1. The molecule has 0 radical (unpaired) electrons. The lowest BCUT2D eigenvalue weighted by atomic mass is 10.0. The predicted octanol–water partition coefficient (Wildman–Crippen LogP) is 4.14. The molecule has 1 heterocycles. The average Bonchev–Trinajstić information content (AvgIpc) is 3.01. The standard InChI is InChI=1S/C21H39N5O7Si/c1-19(2,3)33-17(27)14-24(11-12-32-34(9,10)20(4,5)6)21(7,8)15-23-13-16(25(28)29)22-18(23)26(30)31/h13H,11-12,14-15H2,1-10H3. The van der Waals surface area contributed by atoms with Gasteiger partial charge in [-0.05, 0) is 67.6 Å². The zero-order valence-corrected chi connectivity index (χ0v) is 23.0. The molecule has 34 heavy (non-hydrogen) atoms. The highest BCUT2D eigenvalue weighted by Crippen LogP contribution is 2.36. The number of nitro groups is 2. The normalized spacial score (nSPS) is 13.3. The molecule has 1 rings (SSSR count). The average molecular weight is 502 g/mol. The molecule has 0 aliphatic heterocycles. The van der Waals surface area contributed by atoms with E-state index in [0.29, 0.717) is 13.2 Å². The van der Waals surface area contributed by atoms with Gasteiger partial charge in [-0.25, -0.2) is 4.57 Å². The highest BCUT2D eigenvalue weighted by molar-refractivity contribution is 6.74. The van der Waals surface area contributed by atoms with Crippen LogP contribution < -0.4 is 0 Å². The topological polar surface area (TPSA) is 143 Å². The quantitative estimate of drug-likeness (QED) is 0.189. The van der Waals surface area contributed by atoms with Crippen molar-refractivity contribution in [2.24, 2.45) is 0 Å². The molecule has 0 saturated carbocycles. The number of rotatable bonds is 11. The summed E-state index contributed by atoms with van der Waals surface area (Å²) < 4.78 is 12.9. The molecule has 194 valence electrons. The fraction of sp³-hybridized carbons (Fsp3) is 0.810. The second kappa shape index (κ2) is 10.5. The molecule has 0 unspecified atom stereocenters. The van der Waals surface area contributed by atoms with Crippen LogP contribution in [0.25, 0.3) is 0 Å². The van der Waals surface area contributed by atoms with E-state index < -0.39 is 47.0 Å². The Balaban J connectivity index is 3.19. The molecular formula is C21H39N5O7Si. The molecule has 0 atom stereocenters. The van der Waals surface area contributed by atoms with E-state index in [-0.39, 0.29) is 18.1 Å². The molecule has 0 N–H and O–H groups in total. The Morgan fingerprint density at radius 2 is 1.65 bits per heavy atom. The van der Waals surface area contributed by atoms with Gasteiger partial charge in [0, 0.05) is 18.7 Å². The molecule has 1 aromatic heterocycles. The first-order chi connectivity index (χ1) is 15.2. The van der Waals surface area contributed by atoms with Gasteiger partial charge in [-0.15, -0.1) is 0 Å². The number of ether oxygens (including phenoxy) is 1. The van der Waals surface area contributed by atoms with Crippen LogP contribution in [0.15, 0.2) is 6.20 Å². The van der Waals surface area contributed by atoms with Crippen molar-refractivity contribution < 1.29 is 23.8 Å². The first-order valence-corrected chi connectivity index (χ1v) is 14.0. The minimum atomic E-state index is -2.04. The molecule has 0 bridgehead atoms. The Bertz CT molecular complexity index is 900. The second-order valence-corrected chi connectivity index (χ2v) is 16.3. The van der Waals surface area contributed by atoms with Crippen LogP contribution in [0.1, 0.15) is 55.4 Å². The van der Waals surface area contributed by atoms with Gasteiger partial charge in [0.1, 0.15) is 5.60 Å². The van der Waals surface area contributed by atoms with Crippen molar-refractivity contribution in [3.8, 4) is 0 Å². The third-order valence-electron chi connectivity index (χ3n) is 5.88. The summed E-state index contributed by atoms with van der Waals surface area (Å²) in [5.41, 5.74) is -1.50. The van der Waals surface area contributed by atoms with E-state index in [4.69, 9.17) is 9.16 Å². The number of carbonyl (C=O) groups is 1. The van der Waals surface area contributed by atoms with Crippen molar-refractivity contribution in [3.63, 3.8) is 0 Å². The second-order valence-electron chi connectivity index (χ2n) is 11.5. The van der Waals surface area contributed by atoms with Crippen molar-refractivity contribution in [2.45, 2.75) is 91.2 Å². The Hall–Kier alpha value is -2.38. The number of esters is 1. The zero-order valence-electron chi connectivity index (χ0n) is 22.0. The fourth-order valence-corrected chi connectivity index (χ4v) is 4.05. The van der Waals surface area contributed by atoms with Gasteiger partial charge in [-0.2, -0.15) is 0 Å². The number of hydrogen-bond donors (Lipinski definition) is 0. The highest BCUT2D eigenvalue weighted by Gasteiger charge is 2.39. The summed E-state index contributed by atoms with van der Waals surface area (Å²) in [5, 5.41) is 22.5. The first kappa shape index (κ1) is 29.6. The van der Waals surface area contributed by atoms with Gasteiger partial charge in [0.2, 0.25) is 0 Å². The third-order valence-corrected chi connectivity index (χ3v) is 10.4. The van der Waals surface area contributed by atoms with Gasteiger partial charge in [-0.3, -0.25) is 9.69 Å². The summed E-state index contributed by atoms with van der Waals surface area (Å²) in [4.78, 5) is 39.0. The number of nitrogens with zero attached hydrogens (tertiary/aromatic N) is 5. The van der Waals surface area contributed by atoms with E-state index in [1.54, 1.807) is 34.6 Å². The van der Waals surface area contributed by atoms with Gasteiger partial charge in [-0.1, -0.05) is 20.8 Å². The predicted molar refractivity (Wildman–Crippen MR) is 130 cm³/mol. The van der Waals surface area contributed by atoms with Crippen molar-refractivity contribution in [3.05, 3.63) is 26.4 Å². The Morgan fingerprint density at radius 1 is 1.09 bits per heavy atom. The van der Waals surface area contributed by atoms with Gasteiger partial charge >= 0.3 is 17.7 Å². The van der Waals surface area contributed by atoms with Crippen molar-refractivity contribution in [1.29, 1.82) is 0 Å². The molecule has 13 heteroatoms. The molecule has 0 aliphatic rings. The smallest absolute Gasteiger partial charge is 0.439 e. The van der Waals surface area contributed by atoms with Crippen molar-refractivity contribution >= 4 is 26.1 Å². The lowest BCUT2D eigenvalue weighted by Gasteiger charge is -2.40. The van der Waals surface area contributed by atoms with Crippen LogP contribution in [0, 0.1) is 20.2 Å². The van der Waals surface area contributed by atoms with E-state index in [1.165, 1.54) is 0 Å². The zero-order chi connectivity index (χ0) is 26.7. The summed E-state index contributed by atoms with van der Waals surface area (Å²) in [6.45, 7) is 20.2. The molecular weight excluding hydrogens is 462 g/mol. The van der Waals surface area contributed by atoms with Crippen LogP contribution >= 0.6 is 0 Å². The number of hydrogen-bond acceptors (Lipinski definition) is 9. The van der Waals surface area contributed by atoms with Gasteiger partial charge in [0.15, 0.2) is 14.5 Å². The maximum absolute atomic E-state index is 12.6.